The van der Waals surface area contributed by atoms with Gasteiger partial charge in [-0.25, -0.2) is 0 Å². The first-order chi connectivity index (χ1) is 10.6. The molecule has 2 aliphatic heterocycles. The average molecular weight is 330 g/mol. The minimum absolute atomic E-state index is 0.0705. The van der Waals surface area contributed by atoms with Crippen molar-refractivity contribution in [3.05, 3.63) is 17.5 Å². The molecular formula is C13H22N4O4S. The van der Waals surface area contributed by atoms with Crippen molar-refractivity contribution in [2.24, 2.45) is 0 Å². The second-order valence-electron chi connectivity index (χ2n) is 5.69. The summed E-state index contributed by atoms with van der Waals surface area (Å²) < 4.78 is 33.7. The summed E-state index contributed by atoms with van der Waals surface area (Å²) in [6.07, 6.45) is 1.72. The Morgan fingerprint density at radius 3 is 2.77 bits per heavy atom. The number of aromatic nitrogens is 2. The van der Waals surface area contributed by atoms with Gasteiger partial charge in [-0.3, -0.25) is 5.10 Å². The summed E-state index contributed by atoms with van der Waals surface area (Å²) in [6, 6.07) is 1.82. The van der Waals surface area contributed by atoms with Gasteiger partial charge >= 0.3 is 0 Å². The topological polar surface area (TPSA) is 98.8 Å². The normalized spacial score (nSPS) is 25.4. The maximum absolute atomic E-state index is 12.7. The summed E-state index contributed by atoms with van der Waals surface area (Å²) >= 11 is 0. The molecule has 8 nitrogen and oxygen atoms in total. The third-order valence-electron chi connectivity index (χ3n) is 4.25. The lowest BCUT2D eigenvalue weighted by atomic mass is 9.96. The van der Waals surface area contributed by atoms with Crippen LogP contribution in [0.1, 0.15) is 30.1 Å². The van der Waals surface area contributed by atoms with E-state index in [0.29, 0.717) is 45.1 Å². The zero-order valence-corrected chi connectivity index (χ0v) is 13.3. The van der Waals surface area contributed by atoms with E-state index in [2.05, 4.69) is 10.2 Å². The largest absolute Gasteiger partial charge is 0.390 e. The van der Waals surface area contributed by atoms with Gasteiger partial charge in [0.25, 0.3) is 10.2 Å². The SMILES string of the molecule is O=S(=O)(N1CCOCC1)N1CCCC(c2cc(CO)[nH]n2)C1. The Morgan fingerprint density at radius 1 is 1.32 bits per heavy atom. The minimum atomic E-state index is -3.43. The van der Waals surface area contributed by atoms with Gasteiger partial charge in [-0.1, -0.05) is 0 Å². The van der Waals surface area contributed by atoms with Crippen molar-refractivity contribution in [1.82, 2.24) is 18.8 Å². The first kappa shape index (κ1) is 15.9. The van der Waals surface area contributed by atoms with Gasteiger partial charge in [0, 0.05) is 32.1 Å². The fourth-order valence-electron chi connectivity index (χ4n) is 3.00. The van der Waals surface area contributed by atoms with Crippen LogP contribution in [0.3, 0.4) is 0 Å². The molecule has 1 aromatic rings. The highest BCUT2D eigenvalue weighted by molar-refractivity contribution is 7.86. The molecule has 3 rings (SSSR count). The van der Waals surface area contributed by atoms with Crippen molar-refractivity contribution in [2.45, 2.75) is 25.4 Å². The second kappa shape index (κ2) is 6.63. The van der Waals surface area contributed by atoms with Crippen LogP contribution < -0.4 is 0 Å². The summed E-state index contributed by atoms with van der Waals surface area (Å²) in [5.74, 6) is 0.0705. The van der Waals surface area contributed by atoms with E-state index in [1.807, 2.05) is 6.07 Å². The number of aromatic amines is 1. The molecule has 3 heterocycles. The van der Waals surface area contributed by atoms with Crippen LogP contribution in [-0.2, 0) is 21.6 Å². The monoisotopic (exact) mass is 330 g/mol. The summed E-state index contributed by atoms with van der Waals surface area (Å²) in [6.45, 7) is 2.64. The number of hydrogen-bond donors (Lipinski definition) is 2. The van der Waals surface area contributed by atoms with Gasteiger partial charge < -0.3 is 9.84 Å². The van der Waals surface area contributed by atoms with E-state index >= 15 is 0 Å². The molecule has 0 spiro atoms. The van der Waals surface area contributed by atoms with Gasteiger partial charge in [-0.05, 0) is 18.9 Å². The Kier molecular flexibility index (Phi) is 4.79. The Morgan fingerprint density at radius 2 is 2.09 bits per heavy atom. The number of H-pyrrole nitrogens is 1. The molecule has 1 unspecified atom stereocenters. The Balaban J connectivity index is 1.71. The molecule has 1 aromatic heterocycles. The molecule has 9 heteroatoms. The number of nitrogens with zero attached hydrogens (tertiary/aromatic N) is 3. The zero-order valence-electron chi connectivity index (χ0n) is 12.4. The first-order valence-corrected chi connectivity index (χ1v) is 8.99. The number of piperidine rings is 1. The molecule has 2 aliphatic rings. The number of morpholine rings is 1. The van der Waals surface area contributed by atoms with Crippen LogP contribution in [0.25, 0.3) is 0 Å². The number of rotatable bonds is 4. The van der Waals surface area contributed by atoms with Gasteiger partial charge in [0.05, 0.1) is 31.2 Å². The molecule has 1 atom stereocenters. The van der Waals surface area contributed by atoms with E-state index in [1.165, 1.54) is 4.31 Å². The number of aliphatic hydroxyl groups is 1. The van der Waals surface area contributed by atoms with E-state index < -0.39 is 10.2 Å². The molecule has 2 saturated heterocycles. The third-order valence-corrected chi connectivity index (χ3v) is 6.25. The van der Waals surface area contributed by atoms with Crippen LogP contribution in [0.4, 0.5) is 0 Å². The standard InChI is InChI=1S/C13H22N4O4S/c18-10-12-8-13(15-14-12)11-2-1-3-17(9-11)22(19,20)16-4-6-21-7-5-16/h8,11,18H,1-7,9-10H2,(H,14,15). The van der Waals surface area contributed by atoms with Crippen molar-refractivity contribution in [3.8, 4) is 0 Å². The quantitative estimate of drug-likeness (QED) is 0.787. The van der Waals surface area contributed by atoms with E-state index in [-0.39, 0.29) is 12.5 Å². The van der Waals surface area contributed by atoms with Gasteiger partial charge in [0.2, 0.25) is 0 Å². The lowest BCUT2D eigenvalue weighted by Gasteiger charge is -2.36. The van der Waals surface area contributed by atoms with E-state index in [1.54, 1.807) is 4.31 Å². The van der Waals surface area contributed by atoms with Crippen LogP contribution in [0, 0.1) is 0 Å². The Bertz CT molecular complexity index is 597. The average Bonchev–Trinajstić information content (AvgIpc) is 3.05. The molecule has 2 N–H and O–H groups in total. The van der Waals surface area contributed by atoms with Crippen molar-refractivity contribution in [1.29, 1.82) is 0 Å². The highest BCUT2D eigenvalue weighted by Gasteiger charge is 2.35. The lowest BCUT2D eigenvalue weighted by molar-refractivity contribution is 0.0695. The number of hydrogen-bond acceptors (Lipinski definition) is 5. The lowest BCUT2D eigenvalue weighted by Crippen LogP contribution is -2.51. The molecule has 0 amide bonds. The molecule has 0 saturated carbocycles. The number of nitrogens with one attached hydrogen (secondary N) is 1. The fourth-order valence-corrected chi connectivity index (χ4v) is 4.67. The van der Waals surface area contributed by atoms with E-state index in [4.69, 9.17) is 9.84 Å². The zero-order chi connectivity index (χ0) is 15.6. The highest BCUT2D eigenvalue weighted by Crippen LogP contribution is 2.28. The first-order valence-electron chi connectivity index (χ1n) is 7.59. The van der Waals surface area contributed by atoms with Crippen molar-refractivity contribution in [2.75, 3.05) is 39.4 Å². The molecule has 0 aromatic carbocycles. The maximum atomic E-state index is 12.7. The Labute approximate surface area is 130 Å². The molecule has 0 bridgehead atoms. The molecule has 2 fully saturated rings. The number of aliphatic hydroxyl groups excluding tert-OH is 1. The minimum Gasteiger partial charge on any atom is -0.390 e. The third kappa shape index (κ3) is 3.18. The fraction of sp³-hybridized carbons (Fsp3) is 0.769. The molecule has 124 valence electrons. The number of ether oxygens (including phenoxy) is 1. The summed E-state index contributed by atoms with van der Waals surface area (Å²) in [7, 11) is -3.43. The molecule has 0 aliphatic carbocycles. The summed E-state index contributed by atoms with van der Waals surface area (Å²) in [4.78, 5) is 0. The molecule has 0 radical (unpaired) electrons. The van der Waals surface area contributed by atoms with Gasteiger partial charge in [0.1, 0.15) is 0 Å². The van der Waals surface area contributed by atoms with E-state index in [0.717, 1.165) is 18.5 Å². The molecular weight excluding hydrogens is 308 g/mol. The summed E-state index contributed by atoms with van der Waals surface area (Å²) in [5.41, 5.74) is 1.48. The maximum Gasteiger partial charge on any atom is 0.282 e. The van der Waals surface area contributed by atoms with Crippen LogP contribution in [-0.4, -0.2) is 71.7 Å². The summed E-state index contributed by atoms with van der Waals surface area (Å²) in [5, 5.41) is 16.1. The second-order valence-corrected chi connectivity index (χ2v) is 7.62. The van der Waals surface area contributed by atoms with Crippen LogP contribution >= 0.6 is 0 Å². The van der Waals surface area contributed by atoms with E-state index in [9.17, 15) is 8.42 Å². The van der Waals surface area contributed by atoms with Gasteiger partial charge in [0.15, 0.2) is 0 Å². The van der Waals surface area contributed by atoms with Crippen molar-refractivity contribution >= 4 is 10.2 Å². The van der Waals surface area contributed by atoms with Crippen LogP contribution in [0.5, 0.6) is 0 Å². The predicted molar refractivity (Wildman–Crippen MR) is 79.4 cm³/mol. The van der Waals surface area contributed by atoms with Gasteiger partial charge in [-0.2, -0.15) is 22.1 Å². The molecule has 22 heavy (non-hydrogen) atoms. The predicted octanol–water partition coefficient (Wildman–Crippen LogP) is -0.342. The van der Waals surface area contributed by atoms with Crippen molar-refractivity contribution in [3.63, 3.8) is 0 Å². The van der Waals surface area contributed by atoms with Crippen molar-refractivity contribution < 1.29 is 18.3 Å². The van der Waals surface area contributed by atoms with Gasteiger partial charge in [-0.15, -0.1) is 0 Å². The highest BCUT2D eigenvalue weighted by atomic mass is 32.2. The Hall–Kier alpha value is -1.00. The van der Waals surface area contributed by atoms with Crippen LogP contribution in [0.2, 0.25) is 0 Å². The van der Waals surface area contributed by atoms with Crippen LogP contribution in [0.15, 0.2) is 6.07 Å². The smallest absolute Gasteiger partial charge is 0.282 e.